The van der Waals surface area contributed by atoms with Crippen molar-refractivity contribution in [1.29, 1.82) is 0 Å². The number of anilines is 2. The number of hydrogen-bond acceptors (Lipinski definition) is 7. The van der Waals surface area contributed by atoms with Gasteiger partial charge in [-0.2, -0.15) is 4.37 Å². The third-order valence-electron chi connectivity index (χ3n) is 3.24. The van der Waals surface area contributed by atoms with E-state index in [2.05, 4.69) is 14.2 Å². The van der Waals surface area contributed by atoms with E-state index in [1.54, 1.807) is 0 Å². The quantitative estimate of drug-likeness (QED) is 0.677. The molecule has 0 radical (unpaired) electrons. The molecule has 2 heterocycles. The van der Waals surface area contributed by atoms with Crippen LogP contribution in [0.15, 0.2) is 0 Å². The molecule has 1 aromatic heterocycles. The average molecular weight is 285 g/mol. The number of hydrogen-bond donors (Lipinski definition) is 3. The van der Waals surface area contributed by atoms with Gasteiger partial charge in [-0.3, -0.25) is 9.69 Å². The Kier molecular flexibility index (Phi) is 4.56. The lowest BCUT2D eigenvalue weighted by Gasteiger charge is -2.22. The molecule has 0 bridgehead atoms. The maximum atomic E-state index is 11.4. The van der Waals surface area contributed by atoms with E-state index in [1.807, 2.05) is 0 Å². The lowest BCUT2D eigenvalue weighted by Crippen LogP contribution is -2.32. The zero-order valence-electron chi connectivity index (χ0n) is 10.7. The number of nitrogens with two attached hydrogens (primary N) is 2. The predicted molar refractivity (Wildman–Crippen MR) is 75.4 cm³/mol. The minimum atomic E-state index is -0.530. The van der Waals surface area contributed by atoms with E-state index in [-0.39, 0.29) is 12.4 Å². The van der Waals surface area contributed by atoms with E-state index in [0.29, 0.717) is 12.1 Å². The van der Waals surface area contributed by atoms with Crippen LogP contribution in [0.25, 0.3) is 0 Å². The largest absolute Gasteiger partial charge is 0.395 e. The van der Waals surface area contributed by atoms with Crippen LogP contribution in [0.5, 0.6) is 0 Å². The van der Waals surface area contributed by atoms with Gasteiger partial charge in [-0.15, -0.1) is 0 Å². The van der Waals surface area contributed by atoms with Gasteiger partial charge in [0.05, 0.1) is 6.61 Å². The lowest BCUT2D eigenvalue weighted by molar-refractivity contribution is 0.100. The molecule has 19 heavy (non-hydrogen) atoms. The summed E-state index contributed by atoms with van der Waals surface area (Å²) in [4.78, 5) is 15.7. The molecule has 0 atom stereocenters. The Morgan fingerprint density at radius 3 is 2.84 bits per heavy atom. The van der Waals surface area contributed by atoms with E-state index in [1.165, 1.54) is 11.5 Å². The number of aromatic nitrogens is 1. The van der Waals surface area contributed by atoms with Crippen molar-refractivity contribution < 1.29 is 9.90 Å². The van der Waals surface area contributed by atoms with Gasteiger partial charge in [-0.25, -0.2) is 0 Å². The first kappa shape index (κ1) is 14.0. The van der Waals surface area contributed by atoms with Gasteiger partial charge < -0.3 is 21.5 Å². The van der Waals surface area contributed by atoms with Crippen LogP contribution in [0.4, 0.5) is 10.8 Å². The van der Waals surface area contributed by atoms with Gasteiger partial charge in [0.25, 0.3) is 5.91 Å². The molecule has 1 amide bonds. The molecule has 0 aliphatic carbocycles. The summed E-state index contributed by atoms with van der Waals surface area (Å²) >= 11 is 1.22. The van der Waals surface area contributed by atoms with Crippen LogP contribution in [-0.4, -0.2) is 59.6 Å². The number of carbonyl (C=O) groups is 1. The highest BCUT2D eigenvalue weighted by Crippen LogP contribution is 2.30. The number of amides is 1. The van der Waals surface area contributed by atoms with Crippen LogP contribution in [0, 0.1) is 0 Å². The lowest BCUT2D eigenvalue weighted by atomic mass is 10.2. The second-order valence-electron chi connectivity index (χ2n) is 4.52. The molecule has 1 aromatic rings. The summed E-state index contributed by atoms with van der Waals surface area (Å²) in [7, 11) is 0. The normalized spacial score (nSPS) is 17.4. The third-order valence-corrected chi connectivity index (χ3v) is 4.16. The zero-order valence-corrected chi connectivity index (χ0v) is 11.5. The first-order valence-corrected chi connectivity index (χ1v) is 7.04. The maximum absolute atomic E-state index is 11.4. The topological polar surface area (TPSA) is 109 Å². The van der Waals surface area contributed by atoms with Gasteiger partial charge in [0.1, 0.15) is 10.6 Å². The molecule has 1 saturated heterocycles. The second-order valence-corrected chi connectivity index (χ2v) is 5.27. The Morgan fingerprint density at radius 2 is 2.16 bits per heavy atom. The van der Waals surface area contributed by atoms with Crippen molar-refractivity contribution in [3.05, 3.63) is 5.56 Å². The number of carbonyl (C=O) groups excluding carboxylic acids is 1. The molecule has 5 N–H and O–H groups in total. The van der Waals surface area contributed by atoms with E-state index in [9.17, 15) is 4.79 Å². The van der Waals surface area contributed by atoms with Crippen LogP contribution in [0.1, 0.15) is 16.8 Å². The molecule has 1 aliphatic rings. The Balaban J connectivity index is 2.12. The molecule has 0 spiro atoms. The highest BCUT2D eigenvalue weighted by Gasteiger charge is 2.23. The fourth-order valence-electron chi connectivity index (χ4n) is 2.28. The molecule has 2 rings (SSSR count). The summed E-state index contributed by atoms with van der Waals surface area (Å²) in [6, 6.07) is 0. The summed E-state index contributed by atoms with van der Waals surface area (Å²) in [5.41, 5.74) is 11.4. The molecular formula is C11H19N5O2S. The van der Waals surface area contributed by atoms with Crippen molar-refractivity contribution in [2.75, 3.05) is 50.0 Å². The maximum Gasteiger partial charge on any atom is 0.255 e. The SMILES string of the molecule is NC(=O)c1c(N)nsc1N1CCCN(CCO)CC1. The van der Waals surface area contributed by atoms with E-state index in [0.717, 1.165) is 37.6 Å². The van der Waals surface area contributed by atoms with Crippen molar-refractivity contribution in [1.82, 2.24) is 9.27 Å². The van der Waals surface area contributed by atoms with E-state index in [4.69, 9.17) is 16.6 Å². The number of rotatable bonds is 4. The number of nitrogens with zero attached hydrogens (tertiary/aromatic N) is 3. The first-order valence-electron chi connectivity index (χ1n) is 6.26. The zero-order chi connectivity index (χ0) is 13.8. The fourth-order valence-corrected chi connectivity index (χ4v) is 3.15. The summed E-state index contributed by atoms with van der Waals surface area (Å²) in [6.45, 7) is 4.25. The summed E-state index contributed by atoms with van der Waals surface area (Å²) in [5.74, 6) is -0.318. The standard InChI is InChI=1S/C11H19N5O2S/c12-9-8(10(13)18)11(19-14-9)16-3-1-2-15(4-5-16)6-7-17/h17H,1-7H2,(H2,12,14)(H2,13,18). The van der Waals surface area contributed by atoms with Gasteiger partial charge in [0, 0.05) is 26.2 Å². The second kappa shape index (κ2) is 6.18. The number of primary amides is 1. The Labute approximate surface area is 116 Å². The van der Waals surface area contributed by atoms with Crippen LogP contribution in [0.2, 0.25) is 0 Å². The summed E-state index contributed by atoms with van der Waals surface area (Å²) < 4.78 is 4.02. The smallest absolute Gasteiger partial charge is 0.255 e. The van der Waals surface area contributed by atoms with Gasteiger partial charge >= 0.3 is 0 Å². The fraction of sp³-hybridized carbons (Fsp3) is 0.636. The predicted octanol–water partition coefficient (Wildman–Crippen LogP) is -0.671. The third kappa shape index (κ3) is 3.14. The molecule has 0 aromatic carbocycles. The Bertz CT molecular complexity index is 450. The highest BCUT2D eigenvalue weighted by molar-refractivity contribution is 7.11. The average Bonchev–Trinajstić information content (AvgIpc) is 2.60. The van der Waals surface area contributed by atoms with Gasteiger partial charge in [-0.05, 0) is 24.5 Å². The molecule has 1 fully saturated rings. The first-order chi connectivity index (χ1) is 9.13. The van der Waals surface area contributed by atoms with E-state index < -0.39 is 5.91 Å². The molecular weight excluding hydrogens is 266 g/mol. The summed E-state index contributed by atoms with van der Waals surface area (Å²) in [6.07, 6.45) is 0.968. The van der Waals surface area contributed by atoms with Gasteiger partial charge in [0.15, 0.2) is 5.82 Å². The molecule has 0 saturated carbocycles. The van der Waals surface area contributed by atoms with Crippen LogP contribution < -0.4 is 16.4 Å². The van der Waals surface area contributed by atoms with E-state index >= 15 is 0 Å². The molecule has 7 nitrogen and oxygen atoms in total. The minimum absolute atomic E-state index is 0.167. The Morgan fingerprint density at radius 1 is 1.37 bits per heavy atom. The number of nitrogen functional groups attached to an aromatic ring is 1. The highest BCUT2D eigenvalue weighted by atomic mass is 32.1. The number of β-amino-alcohol motifs (C(OH)–C–C–N with tert-alkyl or cyclic N) is 1. The molecule has 1 aliphatic heterocycles. The number of aliphatic hydroxyl groups is 1. The van der Waals surface area contributed by atoms with Crippen molar-refractivity contribution >= 4 is 28.3 Å². The molecule has 106 valence electrons. The van der Waals surface area contributed by atoms with Crippen molar-refractivity contribution in [3.63, 3.8) is 0 Å². The van der Waals surface area contributed by atoms with Crippen molar-refractivity contribution in [3.8, 4) is 0 Å². The van der Waals surface area contributed by atoms with Crippen molar-refractivity contribution in [2.45, 2.75) is 6.42 Å². The minimum Gasteiger partial charge on any atom is -0.395 e. The van der Waals surface area contributed by atoms with Crippen molar-refractivity contribution in [2.24, 2.45) is 5.73 Å². The van der Waals surface area contributed by atoms with Crippen LogP contribution in [0.3, 0.4) is 0 Å². The van der Waals surface area contributed by atoms with Crippen LogP contribution in [-0.2, 0) is 0 Å². The van der Waals surface area contributed by atoms with Gasteiger partial charge in [0.2, 0.25) is 0 Å². The number of aliphatic hydroxyl groups excluding tert-OH is 1. The Hall–Kier alpha value is -1.38. The monoisotopic (exact) mass is 285 g/mol. The molecule has 0 unspecified atom stereocenters. The summed E-state index contributed by atoms with van der Waals surface area (Å²) in [5, 5.41) is 9.73. The van der Waals surface area contributed by atoms with Crippen LogP contribution >= 0.6 is 11.5 Å². The molecule has 8 heteroatoms. The van der Waals surface area contributed by atoms with Gasteiger partial charge in [-0.1, -0.05) is 0 Å².